The Kier molecular flexibility index (Phi) is 4.14. The van der Waals surface area contributed by atoms with Crippen LogP contribution in [0.2, 0.25) is 0 Å². The Morgan fingerprint density at radius 1 is 1.57 bits per heavy atom. The maximum atomic E-state index is 13.1. The molecule has 1 aliphatic rings. The predicted octanol–water partition coefficient (Wildman–Crippen LogP) is 1.83. The Morgan fingerprint density at radius 3 is 3.24 bits per heavy atom. The first-order chi connectivity index (χ1) is 10.2. The summed E-state index contributed by atoms with van der Waals surface area (Å²) in [6.45, 7) is 1.15. The maximum Gasteiger partial charge on any atom is 0.240 e. The lowest BCUT2D eigenvalue weighted by Crippen LogP contribution is -2.38. The molecule has 0 saturated carbocycles. The van der Waals surface area contributed by atoms with Gasteiger partial charge < -0.3 is 10.4 Å². The van der Waals surface area contributed by atoms with Gasteiger partial charge in [0.1, 0.15) is 5.82 Å². The highest BCUT2D eigenvalue weighted by atomic mass is 32.1. The topological polar surface area (TPSA) is 65.5 Å². The molecule has 1 saturated heterocycles. The number of nitrogens with one attached hydrogen (secondary N) is 1. The molecule has 1 amide bonds. The molecule has 2 aromatic rings. The molecule has 3 rings (SSSR count). The molecule has 112 valence electrons. The molecule has 1 aliphatic heterocycles. The van der Waals surface area contributed by atoms with Gasteiger partial charge in [0, 0.05) is 6.04 Å². The van der Waals surface area contributed by atoms with Gasteiger partial charge in [-0.15, -0.1) is 0 Å². The number of thiazole rings is 1. The van der Waals surface area contributed by atoms with E-state index in [-0.39, 0.29) is 30.9 Å². The summed E-state index contributed by atoms with van der Waals surface area (Å²) in [6, 6.07) is 4.42. The zero-order valence-electron chi connectivity index (χ0n) is 11.4. The van der Waals surface area contributed by atoms with Crippen LogP contribution in [0, 0.1) is 5.82 Å². The Bertz CT molecular complexity index is 661. The van der Waals surface area contributed by atoms with Gasteiger partial charge in [0.15, 0.2) is 5.13 Å². The number of carbonyl (C=O) groups excluding carboxylic acids is 1. The number of fused-ring (bicyclic) bond motifs is 1. The van der Waals surface area contributed by atoms with E-state index in [1.165, 1.54) is 23.5 Å². The molecule has 1 atom stereocenters. The van der Waals surface area contributed by atoms with Gasteiger partial charge in [0.2, 0.25) is 5.91 Å². The molecule has 0 radical (unpaired) electrons. The first-order valence-corrected chi connectivity index (χ1v) is 7.68. The summed E-state index contributed by atoms with van der Waals surface area (Å²) in [5.74, 6) is -0.471. The third-order valence-electron chi connectivity index (χ3n) is 3.65. The van der Waals surface area contributed by atoms with E-state index in [4.69, 9.17) is 0 Å². The van der Waals surface area contributed by atoms with Crippen LogP contribution in [0.4, 0.5) is 9.52 Å². The summed E-state index contributed by atoms with van der Waals surface area (Å²) in [4.78, 5) is 18.3. The van der Waals surface area contributed by atoms with Crippen LogP contribution in [-0.4, -0.2) is 46.6 Å². The van der Waals surface area contributed by atoms with Crippen molar-refractivity contribution in [1.29, 1.82) is 0 Å². The molecule has 2 heterocycles. The average molecular weight is 309 g/mol. The van der Waals surface area contributed by atoms with E-state index >= 15 is 0 Å². The predicted molar refractivity (Wildman–Crippen MR) is 79.9 cm³/mol. The summed E-state index contributed by atoms with van der Waals surface area (Å²) >= 11 is 1.25. The molecule has 7 heteroatoms. The van der Waals surface area contributed by atoms with Crippen molar-refractivity contribution < 1.29 is 14.3 Å². The second-order valence-electron chi connectivity index (χ2n) is 5.13. The monoisotopic (exact) mass is 309 g/mol. The average Bonchev–Trinajstić information content (AvgIpc) is 3.03. The fraction of sp³-hybridized carbons (Fsp3) is 0.429. The highest BCUT2D eigenvalue weighted by Gasteiger charge is 2.25. The van der Waals surface area contributed by atoms with Gasteiger partial charge in [0.25, 0.3) is 0 Å². The van der Waals surface area contributed by atoms with Gasteiger partial charge >= 0.3 is 0 Å². The highest BCUT2D eigenvalue weighted by molar-refractivity contribution is 7.22. The minimum atomic E-state index is -0.313. The highest BCUT2D eigenvalue weighted by Crippen LogP contribution is 2.26. The number of anilines is 1. The number of likely N-dealkylation sites (tertiary alicyclic amines) is 1. The van der Waals surface area contributed by atoms with Gasteiger partial charge in [-0.1, -0.05) is 11.3 Å². The molecule has 1 fully saturated rings. The van der Waals surface area contributed by atoms with Crippen LogP contribution >= 0.6 is 11.3 Å². The fourth-order valence-electron chi connectivity index (χ4n) is 2.61. The van der Waals surface area contributed by atoms with E-state index in [1.807, 2.05) is 4.90 Å². The van der Waals surface area contributed by atoms with Crippen LogP contribution in [0.1, 0.15) is 12.8 Å². The number of carbonyl (C=O) groups is 1. The molecule has 1 aromatic heterocycles. The number of aliphatic hydroxyl groups excluding tert-OH is 1. The second kappa shape index (κ2) is 6.05. The fourth-order valence-corrected chi connectivity index (χ4v) is 3.51. The quantitative estimate of drug-likeness (QED) is 0.904. The SMILES string of the molecule is O=C(CN1CCC[C@H]1CO)Nc1nc2ccc(F)cc2s1. The van der Waals surface area contributed by atoms with Gasteiger partial charge in [-0.05, 0) is 37.6 Å². The van der Waals surface area contributed by atoms with E-state index in [2.05, 4.69) is 10.3 Å². The summed E-state index contributed by atoms with van der Waals surface area (Å²) in [6.07, 6.45) is 1.92. The lowest BCUT2D eigenvalue weighted by atomic mass is 10.2. The number of halogens is 1. The minimum absolute atomic E-state index is 0.0696. The van der Waals surface area contributed by atoms with E-state index in [0.29, 0.717) is 15.3 Å². The number of rotatable bonds is 4. The molecule has 2 N–H and O–H groups in total. The number of aliphatic hydroxyl groups is 1. The molecule has 21 heavy (non-hydrogen) atoms. The third kappa shape index (κ3) is 3.20. The first kappa shape index (κ1) is 14.4. The van der Waals surface area contributed by atoms with Crippen molar-refractivity contribution in [2.45, 2.75) is 18.9 Å². The lowest BCUT2D eigenvalue weighted by molar-refractivity contribution is -0.117. The maximum absolute atomic E-state index is 13.1. The standard InChI is InChI=1S/C14H16FN3O2S/c15-9-3-4-11-12(6-9)21-14(16-11)17-13(20)7-18-5-1-2-10(18)8-19/h3-4,6,10,19H,1-2,5,7-8H2,(H,16,17,20)/t10-/m0/s1. The number of hydrogen-bond acceptors (Lipinski definition) is 5. The van der Waals surface area contributed by atoms with Crippen molar-refractivity contribution >= 4 is 32.6 Å². The zero-order chi connectivity index (χ0) is 14.8. The molecular weight excluding hydrogens is 293 g/mol. The molecular formula is C14H16FN3O2S. The van der Waals surface area contributed by atoms with Crippen LogP contribution in [0.5, 0.6) is 0 Å². The van der Waals surface area contributed by atoms with Crippen molar-refractivity contribution in [3.05, 3.63) is 24.0 Å². The van der Waals surface area contributed by atoms with Crippen LogP contribution in [-0.2, 0) is 4.79 Å². The van der Waals surface area contributed by atoms with E-state index < -0.39 is 0 Å². The molecule has 5 nitrogen and oxygen atoms in total. The number of aromatic nitrogens is 1. The van der Waals surface area contributed by atoms with Gasteiger partial charge in [-0.3, -0.25) is 9.69 Å². The number of amides is 1. The molecule has 1 aromatic carbocycles. The summed E-state index contributed by atoms with van der Waals surface area (Å²) in [7, 11) is 0. The van der Waals surface area contributed by atoms with E-state index in [9.17, 15) is 14.3 Å². The zero-order valence-corrected chi connectivity index (χ0v) is 12.2. The summed E-state index contributed by atoms with van der Waals surface area (Å²) in [5, 5.41) is 12.5. The van der Waals surface area contributed by atoms with Crippen molar-refractivity contribution in [2.24, 2.45) is 0 Å². The third-order valence-corrected chi connectivity index (χ3v) is 4.59. The number of benzene rings is 1. The Morgan fingerprint density at radius 2 is 2.43 bits per heavy atom. The normalized spacial score (nSPS) is 19.2. The van der Waals surface area contributed by atoms with Gasteiger partial charge in [-0.2, -0.15) is 0 Å². The second-order valence-corrected chi connectivity index (χ2v) is 6.16. The van der Waals surface area contributed by atoms with Crippen molar-refractivity contribution in [1.82, 2.24) is 9.88 Å². The number of hydrogen-bond donors (Lipinski definition) is 2. The van der Waals surface area contributed by atoms with Crippen molar-refractivity contribution in [3.8, 4) is 0 Å². The molecule has 0 aliphatic carbocycles. The first-order valence-electron chi connectivity index (χ1n) is 6.86. The van der Waals surface area contributed by atoms with Crippen LogP contribution < -0.4 is 5.32 Å². The Labute approximate surface area is 125 Å². The van der Waals surface area contributed by atoms with Crippen molar-refractivity contribution in [2.75, 3.05) is 25.0 Å². The largest absolute Gasteiger partial charge is 0.395 e. The van der Waals surface area contributed by atoms with E-state index in [1.54, 1.807) is 6.07 Å². The number of nitrogens with zero attached hydrogens (tertiary/aromatic N) is 2. The summed E-state index contributed by atoms with van der Waals surface area (Å²) in [5.41, 5.74) is 0.672. The van der Waals surface area contributed by atoms with Crippen LogP contribution in [0.3, 0.4) is 0 Å². The van der Waals surface area contributed by atoms with E-state index in [0.717, 1.165) is 19.4 Å². The van der Waals surface area contributed by atoms with Gasteiger partial charge in [0.05, 0.1) is 23.4 Å². The smallest absolute Gasteiger partial charge is 0.240 e. The van der Waals surface area contributed by atoms with Crippen LogP contribution in [0.25, 0.3) is 10.2 Å². The Hall–Kier alpha value is -1.57. The minimum Gasteiger partial charge on any atom is -0.395 e. The van der Waals surface area contributed by atoms with Gasteiger partial charge in [-0.25, -0.2) is 9.37 Å². The lowest BCUT2D eigenvalue weighted by Gasteiger charge is -2.21. The molecule has 0 unspecified atom stereocenters. The molecule has 0 spiro atoms. The molecule has 0 bridgehead atoms. The van der Waals surface area contributed by atoms with Crippen LogP contribution in [0.15, 0.2) is 18.2 Å². The summed E-state index contributed by atoms with van der Waals surface area (Å²) < 4.78 is 13.8. The Balaban J connectivity index is 1.65. The van der Waals surface area contributed by atoms with Crippen molar-refractivity contribution in [3.63, 3.8) is 0 Å².